The number of hydrogen-bond acceptors (Lipinski definition) is 4. The Bertz CT molecular complexity index is 320. The molecule has 0 rings (SSSR count). The van der Waals surface area contributed by atoms with Crippen LogP contribution >= 0.6 is 0 Å². The Balaban J connectivity index is 0. The first-order chi connectivity index (χ1) is 9.38. The molecule has 21 heavy (non-hydrogen) atoms. The molecule has 0 aliphatic rings. The van der Waals surface area contributed by atoms with Crippen LogP contribution in [0.5, 0.6) is 0 Å². The van der Waals surface area contributed by atoms with E-state index in [2.05, 4.69) is 6.92 Å². The average Bonchev–Trinajstić information content (AvgIpc) is 2.35. The van der Waals surface area contributed by atoms with Gasteiger partial charge in [0.05, 0.1) is 16.2 Å². The summed E-state index contributed by atoms with van der Waals surface area (Å²) < 4.78 is 32.2. The van der Waals surface area contributed by atoms with E-state index in [0.29, 0.717) is 6.42 Å². The fraction of sp³-hybridized carbons (Fsp3) is 1.00. The topological polar surface area (TPSA) is 77.4 Å². The zero-order valence-electron chi connectivity index (χ0n) is 14.0. The first-order valence-corrected chi connectivity index (χ1v) is 9.47. The van der Waals surface area contributed by atoms with Crippen LogP contribution in [0.4, 0.5) is 0 Å². The van der Waals surface area contributed by atoms with Crippen LogP contribution in [0, 0.1) is 0 Å². The number of aliphatic hydroxyl groups is 1. The summed E-state index contributed by atoms with van der Waals surface area (Å²) in [6.07, 6.45) is 10.9. The molecule has 6 heteroatoms. The van der Waals surface area contributed by atoms with E-state index in [4.69, 9.17) is 0 Å². The number of rotatable bonds is 13. The van der Waals surface area contributed by atoms with E-state index in [0.717, 1.165) is 12.8 Å². The maximum absolute atomic E-state index is 10.7. The molecule has 0 amide bonds. The smallest absolute Gasteiger partial charge is 0.748 e. The summed E-state index contributed by atoms with van der Waals surface area (Å²) >= 11 is 0. The van der Waals surface area contributed by atoms with Crippen molar-refractivity contribution in [3.8, 4) is 0 Å². The van der Waals surface area contributed by atoms with Gasteiger partial charge in [-0.2, -0.15) is 0 Å². The first-order valence-electron chi connectivity index (χ1n) is 8.00. The van der Waals surface area contributed by atoms with Crippen molar-refractivity contribution < 1.29 is 69.5 Å². The Morgan fingerprint density at radius 2 is 1.38 bits per heavy atom. The second-order valence-corrected chi connectivity index (χ2v) is 7.60. The van der Waals surface area contributed by atoms with Crippen LogP contribution in [0.25, 0.3) is 0 Å². The molecule has 0 aliphatic carbocycles. The minimum Gasteiger partial charge on any atom is -0.748 e. The van der Waals surface area contributed by atoms with E-state index in [1.54, 1.807) is 0 Å². The Kier molecular flexibility index (Phi) is 17.8. The van der Waals surface area contributed by atoms with Gasteiger partial charge in [-0.1, -0.05) is 64.7 Å². The zero-order chi connectivity index (χ0) is 15.4. The third-order valence-corrected chi connectivity index (χ3v) is 4.92. The van der Waals surface area contributed by atoms with E-state index < -0.39 is 21.5 Å². The summed E-state index contributed by atoms with van der Waals surface area (Å²) in [6.45, 7) is 3.58. The summed E-state index contributed by atoms with van der Waals surface area (Å²) in [7, 11) is -4.26. The molecular formula is C15H31KO4S. The number of aliphatic hydroxyl groups excluding tert-OH is 1. The Hall–Kier alpha value is 1.51. The molecule has 0 radical (unpaired) electrons. The second-order valence-electron chi connectivity index (χ2n) is 5.81. The van der Waals surface area contributed by atoms with Crippen LogP contribution in [0.15, 0.2) is 0 Å². The molecule has 0 saturated heterocycles. The minimum atomic E-state index is -4.26. The summed E-state index contributed by atoms with van der Waals surface area (Å²) in [6, 6.07) is 0. The Morgan fingerprint density at radius 3 is 1.81 bits per heavy atom. The summed E-state index contributed by atoms with van der Waals surface area (Å²) in [5.74, 6) is 0. The van der Waals surface area contributed by atoms with Gasteiger partial charge in [0.15, 0.2) is 0 Å². The van der Waals surface area contributed by atoms with Crippen molar-refractivity contribution >= 4 is 10.1 Å². The predicted octanol–water partition coefficient (Wildman–Crippen LogP) is 0.596. The van der Waals surface area contributed by atoms with Crippen molar-refractivity contribution in [1.82, 2.24) is 0 Å². The molecule has 0 aromatic heterocycles. The molecule has 0 aromatic rings. The van der Waals surface area contributed by atoms with E-state index in [-0.39, 0.29) is 57.8 Å². The van der Waals surface area contributed by atoms with Gasteiger partial charge in [-0.05, 0) is 19.8 Å². The van der Waals surface area contributed by atoms with E-state index >= 15 is 0 Å². The van der Waals surface area contributed by atoms with Gasteiger partial charge in [0, 0.05) is 5.25 Å². The molecule has 2 atom stereocenters. The van der Waals surface area contributed by atoms with Crippen LogP contribution in [0.1, 0.15) is 84.5 Å². The molecule has 4 nitrogen and oxygen atoms in total. The first kappa shape index (κ1) is 24.8. The fourth-order valence-corrected chi connectivity index (χ4v) is 2.77. The van der Waals surface area contributed by atoms with Crippen LogP contribution in [-0.4, -0.2) is 29.4 Å². The maximum atomic E-state index is 10.7. The minimum absolute atomic E-state index is 0. The molecule has 0 spiro atoms. The molecule has 2 unspecified atom stereocenters. The van der Waals surface area contributed by atoms with Gasteiger partial charge in [-0.25, -0.2) is 8.42 Å². The predicted molar refractivity (Wildman–Crippen MR) is 81.6 cm³/mol. The van der Waals surface area contributed by atoms with Gasteiger partial charge in [-0.15, -0.1) is 0 Å². The Morgan fingerprint density at radius 1 is 0.952 bits per heavy atom. The maximum Gasteiger partial charge on any atom is 1.00 e. The van der Waals surface area contributed by atoms with E-state index in [1.807, 2.05) is 0 Å². The molecule has 0 aliphatic heterocycles. The van der Waals surface area contributed by atoms with Crippen LogP contribution < -0.4 is 51.4 Å². The third kappa shape index (κ3) is 16.2. The van der Waals surface area contributed by atoms with Crippen molar-refractivity contribution in [3.63, 3.8) is 0 Å². The van der Waals surface area contributed by atoms with E-state index in [1.165, 1.54) is 51.9 Å². The zero-order valence-corrected chi connectivity index (χ0v) is 18.0. The molecule has 1 N–H and O–H groups in total. The molecule has 0 heterocycles. The monoisotopic (exact) mass is 346 g/mol. The van der Waals surface area contributed by atoms with Gasteiger partial charge in [0.25, 0.3) is 0 Å². The normalized spacial score (nSPS) is 14.5. The van der Waals surface area contributed by atoms with Crippen LogP contribution in [0.2, 0.25) is 0 Å². The molecule has 0 fully saturated rings. The second kappa shape index (κ2) is 15.1. The average molecular weight is 347 g/mol. The van der Waals surface area contributed by atoms with Gasteiger partial charge in [0.1, 0.15) is 0 Å². The van der Waals surface area contributed by atoms with Gasteiger partial charge in [-0.3, -0.25) is 0 Å². The molecule has 122 valence electrons. The van der Waals surface area contributed by atoms with Crippen molar-refractivity contribution in [1.29, 1.82) is 0 Å². The molecule has 0 bridgehead atoms. The molecular weight excluding hydrogens is 315 g/mol. The largest absolute Gasteiger partial charge is 1.00 e. The summed E-state index contributed by atoms with van der Waals surface area (Å²) in [4.78, 5) is 0. The fourth-order valence-electron chi connectivity index (χ4n) is 2.31. The van der Waals surface area contributed by atoms with Crippen LogP contribution in [-0.2, 0) is 10.1 Å². The van der Waals surface area contributed by atoms with E-state index in [9.17, 15) is 18.1 Å². The quantitative estimate of drug-likeness (QED) is 0.301. The summed E-state index contributed by atoms with van der Waals surface area (Å²) in [5, 5.41) is 8.69. The van der Waals surface area contributed by atoms with Gasteiger partial charge < -0.3 is 9.66 Å². The van der Waals surface area contributed by atoms with Crippen molar-refractivity contribution in [3.05, 3.63) is 0 Å². The van der Waals surface area contributed by atoms with Gasteiger partial charge in [0.2, 0.25) is 0 Å². The molecule has 0 saturated carbocycles. The third-order valence-electron chi connectivity index (χ3n) is 3.74. The SMILES string of the molecule is CCCCCCCCCCCC(O)CC(C)S(=O)(=O)[O-].[K+]. The van der Waals surface area contributed by atoms with Crippen molar-refractivity contribution in [2.24, 2.45) is 0 Å². The van der Waals surface area contributed by atoms with Crippen LogP contribution in [0.3, 0.4) is 0 Å². The number of unbranched alkanes of at least 4 members (excludes halogenated alkanes) is 8. The van der Waals surface area contributed by atoms with Gasteiger partial charge >= 0.3 is 51.4 Å². The molecule has 0 aromatic carbocycles. The Labute approximate surface area is 173 Å². The standard InChI is InChI=1S/C15H32O4S.K/c1-3-4-5-6-7-8-9-10-11-12-15(16)13-14(2)20(17,18)19;/h14-16H,3-13H2,1-2H3,(H,17,18,19);/q;+1/p-1. The van der Waals surface area contributed by atoms with Crippen molar-refractivity contribution in [2.75, 3.05) is 0 Å². The summed E-state index contributed by atoms with van der Waals surface area (Å²) in [5.41, 5.74) is 0. The van der Waals surface area contributed by atoms with Crippen molar-refractivity contribution in [2.45, 2.75) is 95.8 Å². The number of hydrogen-bond donors (Lipinski definition) is 1.